The minimum absolute atomic E-state index is 0.445. The van der Waals surface area contributed by atoms with E-state index in [9.17, 15) is 0 Å². The van der Waals surface area contributed by atoms with Crippen molar-refractivity contribution in [2.24, 2.45) is 0 Å². The zero-order valence-electron chi connectivity index (χ0n) is 7.76. The van der Waals surface area contributed by atoms with Gasteiger partial charge in [-0.3, -0.25) is 0 Å². The summed E-state index contributed by atoms with van der Waals surface area (Å²) in [6, 6.07) is 2.03. The van der Waals surface area contributed by atoms with Crippen molar-refractivity contribution >= 4 is 33.2 Å². The zero-order valence-corrected chi connectivity index (χ0v) is 9.33. The lowest BCUT2D eigenvalue weighted by atomic mass is 10.1. The number of nitrogens with zero attached hydrogens (tertiary/aromatic N) is 2. The average molecular weight is 223 g/mol. The molecule has 14 heavy (non-hydrogen) atoms. The van der Waals surface area contributed by atoms with Crippen LogP contribution < -0.4 is 0 Å². The highest BCUT2D eigenvalue weighted by Crippen LogP contribution is 2.35. The number of aryl methyl sites for hydroxylation is 2. The summed E-state index contributed by atoms with van der Waals surface area (Å²) in [5.74, 6) is 0. The second-order valence-electron chi connectivity index (χ2n) is 3.06. The van der Waals surface area contributed by atoms with Crippen LogP contribution in [0, 0.1) is 25.2 Å². The molecule has 70 valence electrons. The van der Waals surface area contributed by atoms with Gasteiger partial charge < -0.3 is 0 Å². The highest BCUT2D eigenvalue weighted by molar-refractivity contribution is 7.18. The fourth-order valence-electron chi connectivity index (χ4n) is 1.35. The van der Waals surface area contributed by atoms with Gasteiger partial charge in [0.15, 0.2) is 0 Å². The van der Waals surface area contributed by atoms with Gasteiger partial charge in [0, 0.05) is 16.5 Å². The summed E-state index contributed by atoms with van der Waals surface area (Å²) < 4.78 is 0. The summed E-state index contributed by atoms with van der Waals surface area (Å²) in [6.45, 7) is 4.03. The molecule has 0 aliphatic heterocycles. The molecule has 4 heteroatoms. The summed E-state index contributed by atoms with van der Waals surface area (Å²) in [5.41, 5.74) is 1.57. The zero-order chi connectivity index (χ0) is 10.3. The Morgan fingerprint density at radius 1 is 1.50 bits per heavy atom. The minimum Gasteiger partial charge on any atom is -0.244 e. The monoisotopic (exact) mass is 222 g/mol. The van der Waals surface area contributed by atoms with Crippen LogP contribution in [-0.2, 0) is 0 Å². The predicted octanol–water partition coefficient (Wildman–Crippen LogP) is 3.44. The van der Waals surface area contributed by atoms with Crippen LogP contribution in [0.4, 0.5) is 0 Å². The number of pyridine rings is 1. The predicted molar refractivity (Wildman–Crippen MR) is 58.8 cm³/mol. The summed E-state index contributed by atoms with van der Waals surface area (Å²) in [5, 5.41) is 10.3. The SMILES string of the molecule is Cc1sc2ncc(C#N)c(Cl)c2c1C. The third-order valence-electron chi connectivity index (χ3n) is 2.25. The molecule has 2 heterocycles. The van der Waals surface area contributed by atoms with Gasteiger partial charge in [-0.25, -0.2) is 4.98 Å². The molecule has 2 aromatic heterocycles. The van der Waals surface area contributed by atoms with E-state index >= 15 is 0 Å². The van der Waals surface area contributed by atoms with Gasteiger partial charge in [-0.05, 0) is 19.4 Å². The number of fused-ring (bicyclic) bond motifs is 1. The van der Waals surface area contributed by atoms with Gasteiger partial charge in [-0.1, -0.05) is 11.6 Å². The molecule has 0 unspecified atom stereocenters. The number of hydrogen-bond donors (Lipinski definition) is 0. The molecular weight excluding hydrogens is 216 g/mol. The van der Waals surface area contributed by atoms with Crippen molar-refractivity contribution < 1.29 is 0 Å². The van der Waals surface area contributed by atoms with E-state index in [-0.39, 0.29) is 0 Å². The average Bonchev–Trinajstić information content (AvgIpc) is 2.44. The number of aromatic nitrogens is 1. The van der Waals surface area contributed by atoms with Crippen LogP contribution in [0.3, 0.4) is 0 Å². The first-order chi connectivity index (χ1) is 6.65. The Labute approximate surface area is 90.8 Å². The van der Waals surface area contributed by atoms with Gasteiger partial charge in [0.05, 0.1) is 10.6 Å². The highest BCUT2D eigenvalue weighted by atomic mass is 35.5. The maximum absolute atomic E-state index is 8.80. The maximum atomic E-state index is 8.80. The Bertz CT molecular complexity index is 551. The van der Waals surface area contributed by atoms with E-state index in [1.54, 1.807) is 11.3 Å². The van der Waals surface area contributed by atoms with Crippen molar-refractivity contribution in [2.45, 2.75) is 13.8 Å². The van der Waals surface area contributed by atoms with Crippen molar-refractivity contribution in [3.63, 3.8) is 0 Å². The molecule has 2 aromatic rings. The molecular formula is C10H7ClN2S. The number of nitriles is 1. The van der Waals surface area contributed by atoms with Crippen LogP contribution in [-0.4, -0.2) is 4.98 Å². The number of rotatable bonds is 0. The number of thiophene rings is 1. The Morgan fingerprint density at radius 3 is 2.86 bits per heavy atom. The van der Waals surface area contributed by atoms with Crippen LogP contribution in [0.25, 0.3) is 10.2 Å². The third-order valence-corrected chi connectivity index (χ3v) is 3.76. The highest BCUT2D eigenvalue weighted by Gasteiger charge is 2.12. The summed E-state index contributed by atoms with van der Waals surface area (Å²) >= 11 is 7.71. The molecule has 2 rings (SSSR count). The van der Waals surface area contributed by atoms with E-state index in [0.29, 0.717) is 10.6 Å². The standard InChI is InChI=1S/C10H7ClN2S/c1-5-6(2)14-10-8(5)9(11)7(3-12)4-13-10/h4H,1-2H3. The lowest BCUT2D eigenvalue weighted by molar-refractivity contribution is 1.38. The third kappa shape index (κ3) is 1.19. The molecule has 0 amide bonds. The van der Waals surface area contributed by atoms with Gasteiger partial charge in [0.25, 0.3) is 0 Å². The van der Waals surface area contributed by atoms with Crippen LogP contribution in [0.2, 0.25) is 5.02 Å². The Balaban J connectivity index is 2.95. The molecule has 0 aliphatic carbocycles. The Kier molecular flexibility index (Phi) is 2.18. The Hall–Kier alpha value is -1.11. The van der Waals surface area contributed by atoms with Crippen molar-refractivity contribution in [1.29, 1.82) is 5.26 Å². The second-order valence-corrected chi connectivity index (χ2v) is 4.64. The van der Waals surface area contributed by atoms with Crippen LogP contribution >= 0.6 is 22.9 Å². The van der Waals surface area contributed by atoms with E-state index in [4.69, 9.17) is 16.9 Å². The van der Waals surface area contributed by atoms with E-state index < -0.39 is 0 Å². The van der Waals surface area contributed by atoms with Crippen molar-refractivity contribution in [2.75, 3.05) is 0 Å². The molecule has 0 aliphatic rings. The van der Waals surface area contributed by atoms with Gasteiger partial charge >= 0.3 is 0 Å². The summed E-state index contributed by atoms with van der Waals surface area (Å²) in [4.78, 5) is 6.31. The quantitative estimate of drug-likeness (QED) is 0.685. The lowest BCUT2D eigenvalue weighted by Crippen LogP contribution is -1.82. The molecule has 0 saturated carbocycles. The smallest absolute Gasteiger partial charge is 0.125 e. The number of halogens is 1. The maximum Gasteiger partial charge on any atom is 0.125 e. The van der Waals surface area contributed by atoms with E-state index in [1.807, 2.05) is 19.9 Å². The summed E-state index contributed by atoms with van der Waals surface area (Å²) in [7, 11) is 0. The van der Waals surface area contributed by atoms with Crippen LogP contribution in [0.15, 0.2) is 6.20 Å². The number of hydrogen-bond acceptors (Lipinski definition) is 3. The van der Waals surface area contributed by atoms with Gasteiger partial charge in [0.2, 0.25) is 0 Å². The van der Waals surface area contributed by atoms with Gasteiger partial charge in [-0.15, -0.1) is 11.3 Å². The van der Waals surface area contributed by atoms with E-state index in [2.05, 4.69) is 4.98 Å². The molecule has 2 nitrogen and oxygen atoms in total. The van der Waals surface area contributed by atoms with Crippen LogP contribution in [0.5, 0.6) is 0 Å². The molecule has 0 radical (unpaired) electrons. The van der Waals surface area contributed by atoms with Crippen molar-refractivity contribution in [3.8, 4) is 6.07 Å². The van der Waals surface area contributed by atoms with Crippen molar-refractivity contribution in [3.05, 3.63) is 27.2 Å². The molecule has 0 N–H and O–H groups in total. The van der Waals surface area contributed by atoms with E-state index in [1.165, 1.54) is 11.1 Å². The fourth-order valence-corrected chi connectivity index (χ4v) is 2.74. The Morgan fingerprint density at radius 2 is 2.21 bits per heavy atom. The normalized spacial score (nSPS) is 10.4. The second kappa shape index (κ2) is 3.23. The van der Waals surface area contributed by atoms with Gasteiger partial charge in [0.1, 0.15) is 10.9 Å². The first-order valence-electron chi connectivity index (χ1n) is 4.09. The topological polar surface area (TPSA) is 36.7 Å². The summed E-state index contributed by atoms with van der Waals surface area (Å²) in [6.07, 6.45) is 1.53. The first-order valence-corrected chi connectivity index (χ1v) is 5.29. The molecule has 0 bridgehead atoms. The molecule has 0 spiro atoms. The first kappa shape index (κ1) is 9.45. The minimum atomic E-state index is 0.445. The molecule has 0 atom stereocenters. The van der Waals surface area contributed by atoms with Gasteiger partial charge in [-0.2, -0.15) is 5.26 Å². The molecule has 0 saturated heterocycles. The molecule has 0 fully saturated rings. The van der Waals surface area contributed by atoms with Crippen molar-refractivity contribution in [1.82, 2.24) is 4.98 Å². The van der Waals surface area contributed by atoms with Crippen LogP contribution in [0.1, 0.15) is 16.0 Å². The largest absolute Gasteiger partial charge is 0.244 e. The fraction of sp³-hybridized carbons (Fsp3) is 0.200. The van der Waals surface area contributed by atoms with E-state index in [0.717, 1.165) is 15.8 Å². The molecule has 0 aromatic carbocycles. The lowest BCUT2D eigenvalue weighted by Gasteiger charge is -1.97.